The van der Waals surface area contributed by atoms with Crippen molar-refractivity contribution >= 4 is 17.6 Å². The van der Waals surface area contributed by atoms with Crippen LogP contribution in [0.2, 0.25) is 0 Å². The van der Waals surface area contributed by atoms with Crippen LogP contribution in [-0.2, 0) is 9.59 Å². The number of benzene rings is 1. The molecule has 0 fully saturated rings. The normalized spacial score (nSPS) is 19.9. The predicted molar refractivity (Wildman–Crippen MR) is 124 cm³/mol. The molecular weight excluding hydrogens is 406 g/mol. The van der Waals surface area contributed by atoms with Crippen LogP contribution in [0.15, 0.2) is 72.8 Å². The van der Waals surface area contributed by atoms with E-state index in [0.29, 0.717) is 5.57 Å². The molecule has 1 aromatic heterocycles. The number of carboxylic acids is 1. The van der Waals surface area contributed by atoms with Crippen molar-refractivity contribution in [1.29, 1.82) is 0 Å². The Balaban J connectivity index is 2.12. The van der Waals surface area contributed by atoms with Gasteiger partial charge in [0.05, 0.1) is 18.9 Å². The lowest BCUT2D eigenvalue weighted by atomic mass is 9.84. The third kappa shape index (κ3) is 4.64. The number of amides is 1. The van der Waals surface area contributed by atoms with Crippen molar-refractivity contribution in [1.82, 2.24) is 9.47 Å². The van der Waals surface area contributed by atoms with Crippen molar-refractivity contribution in [3.8, 4) is 11.1 Å². The smallest absolute Gasteiger partial charge is 0.304 e. The highest BCUT2D eigenvalue weighted by atomic mass is 16.4. The zero-order valence-electron chi connectivity index (χ0n) is 18.6. The van der Waals surface area contributed by atoms with Gasteiger partial charge >= 0.3 is 5.97 Å². The summed E-state index contributed by atoms with van der Waals surface area (Å²) in [7, 11) is 0. The zero-order chi connectivity index (χ0) is 23.5. The van der Waals surface area contributed by atoms with Gasteiger partial charge in [-0.2, -0.15) is 0 Å². The SMILES string of the molecule is CC(C)(C)[C@@H](CO)[N+]1(c2ccc(-c3ccncc3)cc2)C=CC([C@H](CC(=O)O)C(N)=O)=C1. The van der Waals surface area contributed by atoms with E-state index in [9.17, 15) is 19.8 Å². The van der Waals surface area contributed by atoms with E-state index in [4.69, 9.17) is 5.73 Å². The van der Waals surface area contributed by atoms with Gasteiger partial charge in [-0.25, -0.2) is 4.48 Å². The molecule has 7 heteroatoms. The van der Waals surface area contributed by atoms with Crippen LogP contribution in [-0.4, -0.2) is 39.7 Å². The summed E-state index contributed by atoms with van der Waals surface area (Å²) in [6.45, 7) is 6.02. The Labute approximate surface area is 188 Å². The van der Waals surface area contributed by atoms with Crippen LogP contribution >= 0.6 is 0 Å². The van der Waals surface area contributed by atoms with Crippen LogP contribution < -0.4 is 10.2 Å². The van der Waals surface area contributed by atoms with Gasteiger partial charge in [-0.15, -0.1) is 0 Å². The zero-order valence-corrected chi connectivity index (χ0v) is 18.6. The summed E-state index contributed by atoms with van der Waals surface area (Å²) in [5.74, 6) is -2.73. The van der Waals surface area contributed by atoms with Crippen LogP contribution in [0.1, 0.15) is 27.2 Å². The number of allylic oxidation sites excluding steroid dienone is 1. The number of carbonyl (C=O) groups is 2. The van der Waals surface area contributed by atoms with Crippen LogP contribution in [0, 0.1) is 11.3 Å². The van der Waals surface area contributed by atoms with Crippen LogP contribution in [0.5, 0.6) is 0 Å². The molecule has 7 nitrogen and oxygen atoms in total. The van der Waals surface area contributed by atoms with Gasteiger partial charge in [0, 0.05) is 41.6 Å². The fraction of sp³-hybridized carbons (Fsp3) is 0.320. The average Bonchev–Trinajstić information content (AvgIpc) is 3.17. The molecule has 0 aliphatic carbocycles. The molecule has 2 aromatic rings. The number of primary amides is 1. The summed E-state index contributed by atoms with van der Waals surface area (Å²) in [5.41, 5.74) is 8.73. The summed E-state index contributed by atoms with van der Waals surface area (Å²) in [5, 5.41) is 19.6. The van der Waals surface area contributed by atoms with E-state index in [0.717, 1.165) is 16.8 Å². The van der Waals surface area contributed by atoms with Crippen molar-refractivity contribution in [3.63, 3.8) is 0 Å². The largest absolute Gasteiger partial charge is 0.481 e. The fourth-order valence-corrected chi connectivity index (χ4v) is 4.35. The molecule has 0 radical (unpaired) electrons. The highest BCUT2D eigenvalue weighted by Gasteiger charge is 2.46. The number of nitrogens with zero attached hydrogens (tertiary/aromatic N) is 2. The maximum atomic E-state index is 12.0. The molecule has 3 rings (SSSR count). The minimum atomic E-state index is -1.09. The minimum Gasteiger partial charge on any atom is -0.481 e. The molecule has 1 aromatic carbocycles. The molecule has 32 heavy (non-hydrogen) atoms. The van der Waals surface area contributed by atoms with Gasteiger partial charge in [-0.1, -0.05) is 20.8 Å². The van der Waals surface area contributed by atoms with Crippen molar-refractivity contribution in [2.75, 3.05) is 6.61 Å². The van der Waals surface area contributed by atoms with Crippen molar-refractivity contribution in [2.45, 2.75) is 33.2 Å². The van der Waals surface area contributed by atoms with Gasteiger partial charge in [-0.3, -0.25) is 14.6 Å². The molecule has 1 aliphatic rings. The lowest BCUT2D eigenvalue weighted by Gasteiger charge is -2.42. The maximum Gasteiger partial charge on any atom is 0.304 e. The van der Waals surface area contributed by atoms with Gasteiger partial charge in [0.25, 0.3) is 0 Å². The summed E-state index contributed by atoms with van der Waals surface area (Å²) in [6, 6.07) is 11.6. The topological polar surface area (TPSA) is 114 Å². The van der Waals surface area contributed by atoms with Gasteiger partial charge in [0.15, 0.2) is 0 Å². The molecule has 1 amide bonds. The monoisotopic (exact) mass is 436 g/mol. The molecular formula is C25H30N3O4+. The Morgan fingerprint density at radius 1 is 1.06 bits per heavy atom. The standard InChI is InChI=1S/C25H29N3O4/c1-25(2,3)22(16-29)28(13-10-19(15-28)21(24(26)32)14-23(30)31)20-6-4-17(5-7-20)18-8-11-27-12-9-18/h4-13,15,21-22,29H,14,16H2,1-3H3,(H2-,26,30,31,32)/p+1/t21-,22+,28?/m0/s1. The quantitative estimate of drug-likeness (QED) is 0.549. The van der Waals surface area contributed by atoms with Crippen molar-refractivity contribution < 1.29 is 19.8 Å². The summed E-state index contributed by atoms with van der Waals surface area (Å²) < 4.78 is 0.162. The third-order valence-electron chi connectivity index (χ3n) is 6.02. The molecule has 1 unspecified atom stereocenters. The Hall–Kier alpha value is -3.29. The second-order valence-electron chi connectivity index (χ2n) is 9.18. The Bertz CT molecular complexity index is 1040. The number of quaternary nitrogens is 1. The molecule has 1 aliphatic heterocycles. The Morgan fingerprint density at radius 2 is 1.66 bits per heavy atom. The molecule has 0 saturated heterocycles. The lowest BCUT2D eigenvalue weighted by Crippen LogP contribution is -2.55. The van der Waals surface area contributed by atoms with E-state index >= 15 is 0 Å². The number of aromatic nitrogens is 1. The van der Waals surface area contributed by atoms with Gasteiger partial charge in [0.1, 0.15) is 24.1 Å². The first-order chi connectivity index (χ1) is 15.1. The number of aliphatic hydroxyl groups excluding tert-OH is 1. The first-order valence-electron chi connectivity index (χ1n) is 10.5. The van der Waals surface area contributed by atoms with E-state index in [1.807, 2.05) is 69.6 Å². The summed E-state index contributed by atoms with van der Waals surface area (Å²) in [4.78, 5) is 27.4. The number of hydrogen-bond acceptors (Lipinski definition) is 4. The third-order valence-corrected chi connectivity index (χ3v) is 6.02. The van der Waals surface area contributed by atoms with E-state index in [2.05, 4.69) is 4.98 Å². The number of carbonyl (C=O) groups excluding carboxylic acids is 1. The summed E-state index contributed by atoms with van der Waals surface area (Å²) >= 11 is 0. The number of aliphatic carboxylic acids is 1. The number of carboxylic acid groups (broad SMARTS) is 1. The average molecular weight is 437 g/mol. The number of rotatable bonds is 8. The second kappa shape index (κ2) is 9.06. The van der Waals surface area contributed by atoms with Gasteiger partial charge in [-0.05, 0) is 35.4 Å². The first-order valence-corrected chi connectivity index (χ1v) is 10.5. The molecule has 0 spiro atoms. The Kier molecular flexibility index (Phi) is 6.62. The Morgan fingerprint density at radius 3 is 2.16 bits per heavy atom. The minimum absolute atomic E-state index is 0.107. The number of pyridine rings is 1. The van der Waals surface area contributed by atoms with Crippen LogP contribution in [0.4, 0.5) is 5.69 Å². The molecule has 168 valence electrons. The lowest BCUT2D eigenvalue weighted by molar-refractivity contribution is -0.139. The van der Waals surface area contributed by atoms with E-state index in [1.165, 1.54) is 0 Å². The molecule has 4 N–H and O–H groups in total. The summed E-state index contributed by atoms with van der Waals surface area (Å²) in [6.07, 6.45) is 8.61. The molecule has 2 heterocycles. The number of nitrogens with two attached hydrogens (primary N) is 1. The maximum absolute atomic E-state index is 12.0. The van der Waals surface area contributed by atoms with E-state index in [-0.39, 0.29) is 29.0 Å². The van der Waals surface area contributed by atoms with Gasteiger partial charge < -0.3 is 15.9 Å². The second-order valence-corrected chi connectivity index (χ2v) is 9.18. The van der Waals surface area contributed by atoms with Crippen molar-refractivity contribution in [2.24, 2.45) is 17.1 Å². The molecule has 3 atom stereocenters. The molecule has 0 bridgehead atoms. The van der Waals surface area contributed by atoms with Crippen molar-refractivity contribution in [3.05, 3.63) is 72.8 Å². The number of aliphatic hydroxyl groups is 1. The number of hydrogen-bond donors (Lipinski definition) is 3. The highest BCUT2D eigenvalue weighted by Crippen LogP contribution is 2.42. The highest BCUT2D eigenvalue weighted by molar-refractivity contribution is 5.85. The van der Waals surface area contributed by atoms with E-state index < -0.39 is 17.8 Å². The van der Waals surface area contributed by atoms with Gasteiger partial charge in [0.2, 0.25) is 5.91 Å². The molecule has 0 saturated carbocycles. The van der Waals surface area contributed by atoms with E-state index in [1.54, 1.807) is 18.5 Å². The van der Waals surface area contributed by atoms with Crippen LogP contribution in [0.25, 0.3) is 11.1 Å². The van der Waals surface area contributed by atoms with Crippen LogP contribution in [0.3, 0.4) is 0 Å². The predicted octanol–water partition coefficient (Wildman–Crippen LogP) is 3.45. The fourth-order valence-electron chi connectivity index (χ4n) is 4.35. The first kappa shape index (κ1) is 23.4.